The van der Waals surface area contributed by atoms with Crippen LogP contribution in [0.2, 0.25) is 0 Å². The first-order chi connectivity index (χ1) is 14.4. The van der Waals surface area contributed by atoms with Crippen molar-refractivity contribution in [3.63, 3.8) is 0 Å². The van der Waals surface area contributed by atoms with Crippen LogP contribution < -0.4 is 10.1 Å². The maximum Gasteiger partial charge on any atom is 0.252 e. The average molecular weight is 530 g/mol. The zero-order valence-electron chi connectivity index (χ0n) is 16.1. The van der Waals surface area contributed by atoms with Gasteiger partial charge in [-0.15, -0.1) is 11.3 Å². The van der Waals surface area contributed by atoms with Crippen molar-refractivity contribution in [2.75, 3.05) is 25.0 Å². The van der Waals surface area contributed by atoms with Crippen molar-refractivity contribution in [1.82, 2.24) is 9.29 Å². The normalized spacial score (nSPS) is 17.9. The molecule has 160 valence electrons. The van der Waals surface area contributed by atoms with Gasteiger partial charge in [0.15, 0.2) is 5.13 Å². The van der Waals surface area contributed by atoms with E-state index in [9.17, 15) is 13.2 Å². The predicted molar refractivity (Wildman–Crippen MR) is 123 cm³/mol. The number of amides is 1. The Morgan fingerprint density at radius 3 is 2.90 bits per heavy atom. The Morgan fingerprint density at radius 2 is 2.17 bits per heavy atom. The molecule has 4 rings (SSSR count). The molecule has 0 spiro atoms. The topological polar surface area (TPSA) is 88.6 Å². The second kappa shape index (κ2) is 8.91. The zero-order chi connectivity index (χ0) is 21.3. The minimum Gasteiger partial charge on any atom is -0.494 e. The molecule has 0 radical (unpaired) electrons. The summed E-state index contributed by atoms with van der Waals surface area (Å²) in [4.78, 5) is 17.3. The summed E-state index contributed by atoms with van der Waals surface area (Å²) in [6, 6.07) is 8.92. The number of sulfonamides is 1. The zero-order valence-corrected chi connectivity index (χ0v) is 20.2. The van der Waals surface area contributed by atoms with Crippen molar-refractivity contribution >= 4 is 69.9 Å². The number of fused-ring (bicyclic) bond motifs is 1. The number of thiophene rings is 1. The first-order valence-corrected chi connectivity index (χ1v) is 13.3. The molecule has 1 aromatic carbocycles. The molecule has 7 nitrogen and oxygen atoms in total. The molecule has 1 aliphatic heterocycles. The number of hydrogen-bond acceptors (Lipinski definition) is 7. The van der Waals surface area contributed by atoms with Gasteiger partial charge < -0.3 is 10.1 Å². The van der Waals surface area contributed by atoms with Crippen molar-refractivity contribution in [1.29, 1.82) is 0 Å². The number of ether oxygens (including phenoxy) is 1. The molecule has 3 aromatic rings. The number of carbonyl (C=O) groups excluding carboxylic acids is 1. The monoisotopic (exact) mass is 529 g/mol. The van der Waals surface area contributed by atoms with Gasteiger partial charge in [-0.2, -0.15) is 4.31 Å². The van der Waals surface area contributed by atoms with Crippen molar-refractivity contribution in [3.8, 4) is 5.75 Å². The van der Waals surface area contributed by atoms with E-state index in [2.05, 4.69) is 26.2 Å². The molecule has 1 N–H and O–H groups in total. The number of carbonyl (C=O) groups is 1. The SMILES string of the molecule is CCOc1ccc2nc(NC(=O)[C@H]3CCCN(S(=O)(=O)c4ccc(Br)s4)C3)sc2c1. The fourth-order valence-electron chi connectivity index (χ4n) is 3.36. The number of nitrogens with zero attached hydrogens (tertiary/aromatic N) is 2. The van der Waals surface area contributed by atoms with Gasteiger partial charge in [-0.1, -0.05) is 11.3 Å². The number of hydrogen-bond donors (Lipinski definition) is 1. The second-order valence-corrected chi connectivity index (χ2v) is 12.5. The first kappa shape index (κ1) is 21.7. The third-order valence-electron chi connectivity index (χ3n) is 4.80. The van der Waals surface area contributed by atoms with E-state index in [1.165, 1.54) is 27.0 Å². The molecule has 11 heteroatoms. The van der Waals surface area contributed by atoms with Gasteiger partial charge in [-0.3, -0.25) is 4.79 Å². The molecule has 1 saturated heterocycles. The van der Waals surface area contributed by atoms with Crippen LogP contribution in [0, 0.1) is 5.92 Å². The molecular formula is C19H20BrN3O4S3. The van der Waals surface area contributed by atoms with Gasteiger partial charge >= 0.3 is 0 Å². The van der Waals surface area contributed by atoms with E-state index in [0.29, 0.717) is 31.1 Å². The molecule has 0 saturated carbocycles. The third-order valence-corrected chi connectivity index (χ3v) is 9.69. The van der Waals surface area contributed by atoms with Crippen LogP contribution in [0.15, 0.2) is 38.3 Å². The fourth-order valence-corrected chi connectivity index (χ4v) is 7.95. The first-order valence-electron chi connectivity index (χ1n) is 9.46. The lowest BCUT2D eigenvalue weighted by Crippen LogP contribution is -2.43. The molecule has 0 unspecified atom stereocenters. The van der Waals surface area contributed by atoms with Crippen LogP contribution in [0.3, 0.4) is 0 Å². The van der Waals surface area contributed by atoms with Gasteiger partial charge in [0.2, 0.25) is 5.91 Å². The summed E-state index contributed by atoms with van der Waals surface area (Å²) in [6.07, 6.45) is 1.28. The van der Waals surface area contributed by atoms with E-state index < -0.39 is 15.9 Å². The van der Waals surface area contributed by atoms with Crippen molar-refractivity contribution in [2.24, 2.45) is 5.92 Å². The van der Waals surface area contributed by atoms with Gasteiger partial charge in [0.25, 0.3) is 10.0 Å². The van der Waals surface area contributed by atoms with Gasteiger partial charge in [0, 0.05) is 13.1 Å². The molecule has 1 atom stereocenters. The molecule has 1 aliphatic rings. The van der Waals surface area contributed by atoms with E-state index in [1.54, 1.807) is 12.1 Å². The summed E-state index contributed by atoms with van der Waals surface area (Å²) in [5.74, 6) is 0.147. The number of benzene rings is 1. The molecule has 0 bridgehead atoms. The predicted octanol–water partition coefficient (Wildman–Crippen LogP) is 4.56. The van der Waals surface area contributed by atoms with Crippen LogP contribution in [0.5, 0.6) is 5.75 Å². The Bertz CT molecular complexity index is 1170. The van der Waals surface area contributed by atoms with Gasteiger partial charge in [-0.05, 0) is 66.0 Å². The summed E-state index contributed by atoms with van der Waals surface area (Å²) in [6.45, 7) is 3.09. The average Bonchev–Trinajstić information content (AvgIpc) is 3.34. The van der Waals surface area contributed by atoms with E-state index >= 15 is 0 Å². The van der Waals surface area contributed by atoms with Gasteiger partial charge in [0.1, 0.15) is 9.96 Å². The smallest absolute Gasteiger partial charge is 0.252 e. The minimum absolute atomic E-state index is 0.170. The Kier molecular flexibility index (Phi) is 6.44. The molecule has 2 aromatic heterocycles. The molecular weight excluding hydrogens is 510 g/mol. The highest BCUT2D eigenvalue weighted by Crippen LogP contribution is 2.32. The number of nitrogens with one attached hydrogen (secondary N) is 1. The number of aromatic nitrogens is 1. The third kappa shape index (κ3) is 4.54. The lowest BCUT2D eigenvalue weighted by atomic mass is 9.99. The number of anilines is 1. The Hall–Kier alpha value is -1.53. The Labute approximate surface area is 191 Å². The lowest BCUT2D eigenvalue weighted by molar-refractivity contribution is -0.120. The number of piperidine rings is 1. The van der Waals surface area contributed by atoms with Crippen LogP contribution >= 0.6 is 38.6 Å². The summed E-state index contributed by atoms with van der Waals surface area (Å²) in [7, 11) is -3.60. The summed E-state index contributed by atoms with van der Waals surface area (Å²) < 4.78 is 34.7. The highest BCUT2D eigenvalue weighted by molar-refractivity contribution is 9.11. The fraction of sp³-hybridized carbons (Fsp3) is 0.368. The number of thiazole rings is 1. The van der Waals surface area contributed by atoms with E-state index in [4.69, 9.17) is 4.74 Å². The maximum atomic E-state index is 12.9. The quantitative estimate of drug-likeness (QED) is 0.505. The van der Waals surface area contributed by atoms with Crippen LogP contribution in [0.1, 0.15) is 19.8 Å². The number of rotatable bonds is 6. The maximum absolute atomic E-state index is 12.9. The largest absolute Gasteiger partial charge is 0.494 e. The van der Waals surface area contributed by atoms with Crippen LogP contribution in [0.4, 0.5) is 5.13 Å². The van der Waals surface area contributed by atoms with Crippen molar-refractivity contribution in [3.05, 3.63) is 34.1 Å². The molecule has 1 amide bonds. The highest BCUT2D eigenvalue weighted by atomic mass is 79.9. The van der Waals surface area contributed by atoms with Crippen LogP contribution in [-0.4, -0.2) is 43.3 Å². The van der Waals surface area contributed by atoms with Crippen molar-refractivity contribution < 1.29 is 17.9 Å². The number of halogens is 1. The van der Waals surface area contributed by atoms with E-state index in [1.807, 2.05) is 25.1 Å². The summed E-state index contributed by atoms with van der Waals surface area (Å²) >= 11 is 5.86. The molecule has 3 heterocycles. The van der Waals surface area contributed by atoms with E-state index in [0.717, 1.165) is 19.8 Å². The van der Waals surface area contributed by atoms with Gasteiger partial charge in [0.05, 0.1) is 26.5 Å². The standard InChI is InChI=1S/C19H20BrN3O4S3/c1-2-27-13-5-6-14-15(10-13)28-19(21-14)22-18(24)12-4-3-9-23(11-12)30(25,26)17-8-7-16(20)29-17/h5-8,10,12H,2-4,9,11H2,1H3,(H,21,22,24)/t12-/m0/s1. The Balaban J connectivity index is 1.46. The van der Waals surface area contributed by atoms with E-state index in [-0.39, 0.29) is 16.7 Å². The second-order valence-electron chi connectivity index (χ2n) is 6.83. The van der Waals surface area contributed by atoms with Crippen LogP contribution in [-0.2, 0) is 14.8 Å². The Morgan fingerprint density at radius 1 is 1.33 bits per heavy atom. The summed E-state index contributed by atoms with van der Waals surface area (Å²) in [5, 5.41) is 3.38. The van der Waals surface area contributed by atoms with Gasteiger partial charge in [-0.25, -0.2) is 13.4 Å². The lowest BCUT2D eigenvalue weighted by Gasteiger charge is -2.30. The highest BCUT2D eigenvalue weighted by Gasteiger charge is 2.34. The minimum atomic E-state index is -3.60. The van der Waals surface area contributed by atoms with Crippen molar-refractivity contribution in [2.45, 2.75) is 24.0 Å². The molecule has 0 aliphatic carbocycles. The van der Waals surface area contributed by atoms with Crippen LogP contribution in [0.25, 0.3) is 10.2 Å². The molecule has 1 fully saturated rings. The summed E-state index contributed by atoms with van der Waals surface area (Å²) in [5.41, 5.74) is 0.787. The molecule has 30 heavy (non-hydrogen) atoms.